The number of carbonyl (C=O) groups excluding carboxylic acids is 2. The highest BCUT2D eigenvalue weighted by Gasteiger charge is 2.27. The lowest BCUT2D eigenvalue weighted by Gasteiger charge is -2.10. The topological polar surface area (TPSA) is 80.6 Å². The lowest BCUT2D eigenvalue weighted by Crippen LogP contribution is -2.26. The number of thiophene rings is 1. The number of furan rings is 1. The second kappa shape index (κ2) is 8.84. The number of carbonyl (C=O) groups is 2. The molecule has 0 saturated carbocycles. The Morgan fingerprint density at radius 1 is 1.17 bits per heavy atom. The van der Waals surface area contributed by atoms with E-state index < -0.39 is 0 Å². The third-order valence-corrected chi connectivity index (χ3v) is 6.32. The maximum Gasteiger partial charge on any atom is 0.262 e. The number of nitrogens with one attached hydrogen (secondary N) is 2. The van der Waals surface area contributed by atoms with Crippen LogP contribution in [0.15, 0.2) is 51.6 Å². The fraction of sp³-hybridized carbons (Fsp3) is 0.238. The Balaban J connectivity index is 1.43. The van der Waals surface area contributed by atoms with Gasteiger partial charge in [0.05, 0.1) is 18.4 Å². The van der Waals surface area contributed by atoms with Crippen LogP contribution in [0.4, 0.5) is 5.00 Å². The predicted octanol–water partition coefficient (Wildman–Crippen LogP) is 4.54. The highest BCUT2D eigenvalue weighted by atomic mass is 79.9. The Bertz CT molecular complexity index is 1010. The van der Waals surface area contributed by atoms with Gasteiger partial charge in [-0.05, 0) is 61.2 Å². The van der Waals surface area contributed by atoms with Crippen molar-refractivity contribution in [2.45, 2.75) is 25.8 Å². The number of ether oxygens (including phenoxy) is 1. The van der Waals surface area contributed by atoms with Crippen LogP contribution in [0.1, 0.15) is 33.0 Å². The minimum atomic E-state index is -0.298. The zero-order valence-electron chi connectivity index (χ0n) is 15.5. The molecule has 1 aromatic carbocycles. The lowest BCUT2D eigenvalue weighted by molar-refractivity contribution is -0.118. The van der Waals surface area contributed by atoms with Crippen LogP contribution in [-0.4, -0.2) is 18.4 Å². The summed E-state index contributed by atoms with van der Waals surface area (Å²) in [5.41, 5.74) is 1.60. The fourth-order valence-electron chi connectivity index (χ4n) is 3.24. The van der Waals surface area contributed by atoms with Gasteiger partial charge in [-0.1, -0.05) is 15.9 Å². The Labute approximate surface area is 180 Å². The second-order valence-electron chi connectivity index (χ2n) is 6.61. The molecule has 8 heteroatoms. The van der Waals surface area contributed by atoms with E-state index in [1.54, 1.807) is 30.5 Å². The molecule has 0 atom stereocenters. The number of amides is 2. The molecule has 1 aliphatic carbocycles. The van der Waals surface area contributed by atoms with Crippen LogP contribution in [0, 0.1) is 0 Å². The molecular weight excluding hydrogens is 456 g/mol. The number of hydrogen-bond acceptors (Lipinski definition) is 5. The summed E-state index contributed by atoms with van der Waals surface area (Å²) in [6.07, 6.45) is 4.38. The Morgan fingerprint density at radius 2 is 2.00 bits per heavy atom. The zero-order valence-corrected chi connectivity index (χ0v) is 17.9. The molecule has 2 N–H and O–H groups in total. The molecule has 29 heavy (non-hydrogen) atoms. The molecule has 0 unspecified atom stereocenters. The number of rotatable bonds is 7. The van der Waals surface area contributed by atoms with Crippen LogP contribution < -0.4 is 15.4 Å². The number of hydrogen-bond donors (Lipinski definition) is 2. The molecule has 2 heterocycles. The summed E-state index contributed by atoms with van der Waals surface area (Å²) in [4.78, 5) is 26.4. The Morgan fingerprint density at radius 3 is 2.76 bits per heavy atom. The van der Waals surface area contributed by atoms with E-state index in [2.05, 4.69) is 26.6 Å². The van der Waals surface area contributed by atoms with E-state index in [-0.39, 0.29) is 18.4 Å². The molecule has 6 nitrogen and oxygen atoms in total. The van der Waals surface area contributed by atoms with Crippen LogP contribution in [0.3, 0.4) is 0 Å². The quantitative estimate of drug-likeness (QED) is 0.526. The third-order valence-electron chi connectivity index (χ3n) is 4.59. The van der Waals surface area contributed by atoms with E-state index in [1.165, 1.54) is 11.3 Å². The summed E-state index contributed by atoms with van der Waals surface area (Å²) < 4.78 is 11.7. The van der Waals surface area contributed by atoms with Gasteiger partial charge in [0.2, 0.25) is 0 Å². The van der Waals surface area contributed by atoms with Crippen molar-refractivity contribution in [1.29, 1.82) is 0 Å². The van der Waals surface area contributed by atoms with Crippen molar-refractivity contribution in [2.24, 2.45) is 0 Å². The monoisotopic (exact) mass is 474 g/mol. The molecule has 2 aromatic heterocycles. The molecule has 3 aromatic rings. The summed E-state index contributed by atoms with van der Waals surface area (Å²) in [7, 11) is 0. The maximum absolute atomic E-state index is 12.8. The van der Waals surface area contributed by atoms with Gasteiger partial charge in [0, 0.05) is 9.35 Å². The van der Waals surface area contributed by atoms with E-state index in [0.29, 0.717) is 28.6 Å². The number of benzene rings is 1. The van der Waals surface area contributed by atoms with Crippen molar-refractivity contribution < 1.29 is 18.7 Å². The number of aryl methyl sites for hydroxylation is 1. The summed E-state index contributed by atoms with van der Waals surface area (Å²) >= 11 is 4.83. The van der Waals surface area contributed by atoms with Crippen molar-refractivity contribution in [3.05, 3.63) is 68.9 Å². The first-order valence-electron chi connectivity index (χ1n) is 9.23. The van der Waals surface area contributed by atoms with E-state index in [1.807, 2.05) is 12.1 Å². The van der Waals surface area contributed by atoms with E-state index in [0.717, 1.165) is 34.2 Å². The first kappa shape index (κ1) is 19.7. The van der Waals surface area contributed by atoms with Crippen molar-refractivity contribution >= 4 is 44.1 Å². The molecule has 0 aliphatic heterocycles. The normalized spacial score (nSPS) is 12.4. The average Bonchev–Trinajstić information content (AvgIpc) is 3.43. The SMILES string of the molecule is O=C(COc1ccc(Br)cc1)Nc1sc2c(c1C(=O)NCc1ccco1)CCC2. The van der Waals surface area contributed by atoms with Gasteiger partial charge in [0.25, 0.3) is 11.8 Å². The van der Waals surface area contributed by atoms with Crippen LogP contribution in [0.25, 0.3) is 0 Å². The molecule has 0 fully saturated rings. The van der Waals surface area contributed by atoms with Crippen molar-refractivity contribution in [2.75, 3.05) is 11.9 Å². The van der Waals surface area contributed by atoms with Crippen molar-refractivity contribution in [1.82, 2.24) is 5.32 Å². The minimum absolute atomic E-state index is 0.127. The first-order chi connectivity index (χ1) is 14.1. The molecule has 150 valence electrons. The van der Waals surface area contributed by atoms with Gasteiger partial charge in [-0.2, -0.15) is 0 Å². The summed E-state index contributed by atoms with van der Waals surface area (Å²) in [6, 6.07) is 10.8. The average molecular weight is 475 g/mol. The number of anilines is 1. The zero-order chi connectivity index (χ0) is 20.2. The van der Waals surface area contributed by atoms with Crippen molar-refractivity contribution in [3.8, 4) is 5.75 Å². The third kappa shape index (κ3) is 4.71. The molecule has 4 rings (SSSR count). The van der Waals surface area contributed by atoms with Crippen LogP contribution in [0.2, 0.25) is 0 Å². The van der Waals surface area contributed by atoms with Gasteiger partial charge in [-0.3, -0.25) is 9.59 Å². The first-order valence-corrected chi connectivity index (χ1v) is 10.8. The Kier molecular flexibility index (Phi) is 6.01. The molecular formula is C21H19BrN2O4S. The van der Waals surface area contributed by atoms with Crippen molar-refractivity contribution in [3.63, 3.8) is 0 Å². The van der Waals surface area contributed by atoms with Gasteiger partial charge < -0.3 is 19.8 Å². The highest BCUT2D eigenvalue weighted by Crippen LogP contribution is 2.39. The van der Waals surface area contributed by atoms with Crippen LogP contribution in [0.5, 0.6) is 5.75 Å². The molecule has 2 amide bonds. The van der Waals surface area contributed by atoms with Gasteiger partial charge in [-0.15, -0.1) is 11.3 Å². The smallest absolute Gasteiger partial charge is 0.262 e. The van der Waals surface area contributed by atoms with Gasteiger partial charge in [0.15, 0.2) is 6.61 Å². The van der Waals surface area contributed by atoms with Gasteiger partial charge in [0.1, 0.15) is 16.5 Å². The van der Waals surface area contributed by atoms with Crippen LogP contribution >= 0.6 is 27.3 Å². The highest BCUT2D eigenvalue weighted by molar-refractivity contribution is 9.10. The van der Waals surface area contributed by atoms with Crippen LogP contribution in [-0.2, 0) is 24.2 Å². The second-order valence-corrected chi connectivity index (χ2v) is 8.64. The fourth-order valence-corrected chi connectivity index (χ4v) is 4.81. The number of halogens is 1. The maximum atomic E-state index is 12.8. The summed E-state index contributed by atoms with van der Waals surface area (Å²) in [5, 5.41) is 6.32. The summed E-state index contributed by atoms with van der Waals surface area (Å²) in [6.45, 7) is 0.175. The molecule has 0 saturated heterocycles. The summed E-state index contributed by atoms with van der Waals surface area (Å²) in [5.74, 6) is 0.782. The molecule has 0 bridgehead atoms. The van der Waals surface area contributed by atoms with E-state index >= 15 is 0 Å². The van der Waals surface area contributed by atoms with Gasteiger partial charge >= 0.3 is 0 Å². The van der Waals surface area contributed by atoms with E-state index in [4.69, 9.17) is 9.15 Å². The molecule has 0 spiro atoms. The largest absolute Gasteiger partial charge is 0.484 e. The lowest BCUT2D eigenvalue weighted by atomic mass is 10.1. The minimum Gasteiger partial charge on any atom is -0.484 e. The predicted molar refractivity (Wildman–Crippen MR) is 114 cm³/mol. The number of fused-ring (bicyclic) bond motifs is 1. The Hall–Kier alpha value is -2.58. The van der Waals surface area contributed by atoms with Gasteiger partial charge in [-0.25, -0.2) is 0 Å². The molecule has 1 aliphatic rings. The van der Waals surface area contributed by atoms with E-state index in [9.17, 15) is 9.59 Å². The molecule has 0 radical (unpaired) electrons. The standard InChI is InChI=1S/C21H19BrN2O4S/c22-13-6-8-14(9-7-13)28-12-18(25)24-21-19(16-4-1-5-17(16)29-21)20(26)23-11-15-3-2-10-27-15/h2-3,6-10H,1,4-5,11-12H2,(H,23,26)(H,24,25).